The molecule has 2 aliphatic carbocycles. The minimum atomic E-state index is -4.48. The number of allylic oxidation sites excluding steroid dienone is 2. The highest BCUT2D eigenvalue weighted by molar-refractivity contribution is 7.90. The Morgan fingerprint density at radius 3 is 1.93 bits per heavy atom. The highest BCUT2D eigenvalue weighted by Crippen LogP contribution is 2.63. The molecule has 0 N–H and O–H groups in total. The summed E-state index contributed by atoms with van der Waals surface area (Å²) in [5, 5.41) is -0.305. The van der Waals surface area contributed by atoms with Crippen molar-refractivity contribution in [3.63, 3.8) is 0 Å². The van der Waals surface area contributed by atoms with Gasteiger partial charge in [0.15, 0.2) is 9.84 Å². The minimum Gasteiger partial charge on any atom is -0.224 e. The molecule has 0 amide bonds. The van der Waals surface area contributed by atoms with E-state index in [1.807, 2.05) is 0 Å². The van der Waals surface area contributed by atoms with Crippen LogP contribution in [0.3, 0.4) is 0 Å². The number of alkyl halides is 3. The van der Waals surface area contributed by atoms with Crippen molar-refractivity contribution in [1.82, 2.24) is 0 Å². The Balaban J connectivity index is 1.77. The summed E-state index contributed by atoms with van der Waals surface area (Å²) in [4.78, 5) is 0.245. The summed E-state index contributed by atoms with van der Waals surface area (Å²) in [6.07, 6.45) is 0.510. The van der Waals surface area contributed by atoms with Crippen LogP contribution in [0, 0.1) is 5.41 Å². The highest BCUT2D eigenvalue weighted by atomic mass is 35.5. The van der Waals surface area contributed by atoms with Gasteiger partial charge in [-0.3, -0.25) is 0 Å². The molecule has 0 bridgehead atoms. The van der Waals surface area contributed by atoms with Crippen LogP contribution < -0.4 is 0 Å². The van der Waals surface area contributed by atoms with E-state index in [1.165, 1.54) is 12.1 Å². The minimum absolute atomic E-state index is 0.190. The van der Waals surface area contributed by atoms with Crippen molar-refractivity contribution in [2.45, 2.75) is 36.8 Å². The summed E-state index contributed by atoms with van der Waals surface area (Å²) in [5.41, 5.74) is 3.02. The fraction of sp³-hybridized carbons (Fsp3) is 0.333. The molecule has 0 atom stereocenters. The molecule has 0 heterocycles. The molecule has 7 heteroatoms. The van der Waals surface area contributed by atoms with Crippen molar-refractivity contribution in [3.8, 4) is 0 Å². The molecule has 1 fully saturated rings. The van der Waals surface area contributed by atoms with Crippen molar-refractivity contribution in [1.29, 1.82) is 0 Å². The van der Waals surface area contributed by atoms with Gasteiger partial charge in [0.2, 0.25) is 0 Å². The topological polar surface area (TPSA) is 34.1 Å². The number of benzene rings is 2. The molecule has 0 unspecified atom stereocenters. The number of rotatable bonds is 3. The summed E-state index contributed by atoms with van der Waals surface area (Å²) in [7, 11) is -3.28. The molecule has 0 radical (unpaired) electrons. The third kappa shape index (κ3) is 3.60. The predicted octanol–water partition coefficient (Wildman–Crippen LogP) is 6.25. The molecule has 2 aromatic rings. The number of hydrogen-bond acceptors (Lipinski definition) is 2. The molecular weight excluding hydrogens is 409 g/mol. The average Bonchev–Trinajstić information content (AvgIpc) is 3.23. The van der Waals surface area contributed by atoms with Crippen LogP contribution in [0.15, 0.2) is 47.4 Å². The third-order valence-electron chi connectivity index (χ3n) is 5.68. The monoisotopic (exact) mass is 426 g/mol. The molecule has 1 spiro atoms. The quantitative estimate of drug-likeness (QED) is 0.581. The Labute approximate surface area is 166 Å². The molecule has 2 nitrogen and oxygen atoms in total. The Morgan fingerprint density at radius 1 is 0.929 bits per heavy atom. The molecule has 0 saturated heterocycles. The molecule has 1 saturated carbocycles. The zero-order chi connectivity index (χ0) is 20.3. The molecular formula is C21H18ClF3O2S. The number of sulfone groups is 1. The van der Waals surface area contributed by atoms with Crippen LogP contribution in [0.1, 0.15) is 42.4 Å². The van der Waals surface area contributed by atoms with Gasteiger partial charge in [-0.15, -0.1) is 0 Å². The Bertz CT molecular complexity index is 1080. The zero-order valence-electron chi connectivity index (χ0n) is 15.1. The molecule has 2 aromatic carbocycles. The van der Waals surface area contributed by atoms with Crippen LogP contribution in [-0.2, 0) is 16.0 Å². The van der Waals surface area contributed by atoms with E-state index in [-0.39, 0.29) is 15.3 Å². The van der Waals surface area contributed by atoms with Crippen LogP contribution >= 0.6 is 11.6 Å². The van der Waals surface area contributed by atoms with E-state index >= 15 is 0 Å². The van der Waals surface area contributed by atoms with Gasteiger partial charge in [0.05, 0.1) is 15.5 Å². The van der Waals surface area contributed by atoms with E-state index in [0.717, 1.165) is 54.7 Å². The molecule has 2 aliphatic rings. The van der Waals surface area contributed by atoms with Crippen LogP contribution in [0.25, 0.3) is 11.1 Å². The van der Waals surface area contributed by atoms with Crippen molar-refractivity contribution >= 4 is 32.6 Å². The lowest BCUT2D eigenvalue weighted by molar-refractivity contribution is -0.137. The smallest absolute Gasteiger partial charge is 0.224 e. The van der Waals surface area contributed by atoms with Crippen molar-refractivity contribution < 1.29 is 21.6 Å². The second kappa shape index (κ2) is 6.36. The van der Waals surface area contributed by atoms with Crippen LogP contribution in [0.5, 0.6) is 0 Å². The normalized spacial score (nSPS) is 18.8. The lowest BCUT2D eigenvalue weighted by Gasteiger charge is -2.13. The lowest BCUT2D eigenvalue weighted by atomic mass is 9.96. The van der Waals surface area contributed by atoms with Gasteiger partial charge in [0.1, 0.15) is 0 Å². The summed E-state index contributed by atoms with van der Waals surface area (Å²) in [6, 6.07) is 10.6. The van der Waals surface area contributed by atoms with E-state index in [4.69, 9.17) is 11.6 Å². The van der Waals surface area contributed by atoms with E-state index in [1.54, 1.807) is 24.3 Å². The fourth-order valence-electron chi connectivity index (χ4n) is 3.94. The summed E-state index contributed by atoms with van der Waals surface area (Å²) in [6.45, 7) is 0. The first-order valence-electron chi connectivity index (χ1n) is 8.88. The molecule has 0 aromatic heterocycles. The van der Waals surface area contributed by atoms with E-state index in [9.17, 15) is 21.6 Å². The van der Waals surface area contributed by atoms with Crippen molar-refractivity contribution in [2.75, 3.05) is 6.26 Å². The maximum absolute atomic E-state index is 13.0. The fourth-order valence-corrected chi connectivity index (χ4v) is 4.86. The average molecular weight is 427 g/mol. The Hall–Kier alpha value is -1.79. The first-order valence-corrected chi connectivity index (χ1v) is 11.2. The molecule has 28 heavy (non-hydrogen) atoms. The standard InChI is InChI=1S/C21H18ClF3O2S/c1-28(26,27)15-5-2-13(3-6-15)16-11-20(8-9-20)12-17(16)14-4-7-18(19(22)10-14)21(23,24)25/h2-7,10H,8-9,11-12H2,1H3. The van der Waals surface area contributed by atoms with Crippen molar-refractivity contribution in [2.24, 2.45) is 5.41 Å². The van der Waals surface area contributed by atoms with Gasteiger partial charge in [-0.25, -0.2) is 8.42 Å². The van der Waals surface area contributed by atoms with Gasteiger partial charge in [-0.2, -0.15) is 13.2 Å². The number of hydrogen-bond donors (Lipinski definition) is 0. The second-order valence-electron chi connectivity index (χ2n) is 7.80. The second-order valence-corrected chi connectivity index (χ2v) is 10.2. The Kier molecular flexibility index (Phi) is 4.43. The van der Waals surface area contributed by atoms with Gasteiger partial charge >= 0.3 is 6.18 Å². The van der Waals surface area contributed by atoms with Gasteiger partial charge in [-0.05, 0) is 77.6 Å². The van der Waals surface area contributed by atoms with Gasteiger partial charge < -0.3 is 0 Å². The molecule has 148 valence electrons. The summed E-state index contributed by atoms with van der Waals surface area (Å²) in [5.74, 6) is 0. The number of halogens is 4. The van der Waals surface area contributed by atoms with Crippen LogP contribution in [0.2, 0.25) is 5.02 Å². The summed E-state index contributed by atoms with van der Waals surface area (Å²) >= 11 is 5.93. The van der Waals surface area contributed by atoms with Gasteiger partial charge in [-0.1, -0.05) is 29.8 Å². The zero-order valence-corrected chi connectivity index (χ0v) is 16.7. The maximum Gasteiger partial charge on any atom is 0.417 e. The predicted molar refractivity (Wildman–Crippen MR) is 104 cm³/mol. The SMILES string of the molecule is CS(=O)(=O)c1ccc(C2=C(c3ccc(C(F)(F)F)c(Cl)c3)CC3(CC3)C2)cc1. The van der Waals surface area contributed by atoms with Crippen molar-refractivity contribution in [3.05, 3.63) is 64.2 Å². The van der Waals surface area contributed by atoms with E-state index < -0.39 is 21.6 Å². The van der Waals surface area contributed by atoms with Crippen LogP contribution in [0.4, 0.5) is 13.2 Å². The van der Waals surface area contributed by atoms with E-state index in [2.05, 4.69) is 0 Å². The first-order chi connectivity index (χ1) is 13.0. The molecule has 4 rings (SSSR count). The van der Waals surface area contributed by atoms with E-state index in [0.29, 0.717) is 5.56 Å². The Morgan fingerprint density at radius 2 is 1.46 bits per heavy atom. The maximum atomic E-state index is 13.0. The third-order valence-corrected chi connectivity index (χ3v) is 7.12. The summed E-state index contributed by atoms with van der Waals surface area (Å²) < 4.78 is 62.5. The van der Waals surface area contributed by atoms with Gasteiger partial charge in [0.25, 0.3) is 0 Å². The largest absolute Gasteiger partial charge is 0.417 e. The van der Waals surface area contributed by atoms with Gasteiger partial charge in [0, 0.05) is 6.26 Å². The highest BCUT2D eigenvalue weighted by Gasteiger charge is 2.48. The van der Waals surface area contributed by atoms with Crippen LogP contribution in [-0.4, -0.2) is 14.7 Å². The molecule has 0 aliphatic heterocycles. The first kappa shape index (κ1) is 19.5. The lowest BCUT2D eigenvalue weighted by Crippen LogP contribution is -2.06.